The maximum Gasteiger partial charge on any atom is 0.548 e. The first kappa shape index (κ1) is 12.1. The minimum atomic E-state index is -1.88. The molecule has 3 atom stereocenters. The average Bonchev–Trinajstić information content (AvgIpc) is 3.07. The second kappa shape index (κ2) is 5.81. The first-order chi connectivity index (χ1) is 7.83. The van der Waals surface area contributed by atoms with Crippen LogP contribution in [0.5, 0.6) is 0 Å². The number of allylic oxidation sites excluding steroid dienone is 1. The Bertz CT molecular complexity index is 242. The van der Waals surface area contributed by atoms with Crippen LogP contribution in [0.1, 0.15) is 25.7 Å². The monoisotopic (exact) mass is 244 g/mol. The summed E-state index contributed by atoms with van der Waals surface area (Å²) in [6, 6.07) is 0. The molecule has 2 rings (SSSR count). The van der Waals surface area contributed by atoms with Crippen molar-refractivity contribution in [3.8, 4) is 0 Å². The van der Waals surface area contributed by atoms with Gasteiger partial charge in [-0.15, -0.1) is 0 Å². The zero-order valence-electron chi connectivity index (χ0n) is 9.93. The van der Waals surface area contributed by atoms with Crippen molar-refractivity contribution in [2.45, 2.75) is 37.9 Å². The maximum atomic E-state index is 5.50. The molecule has 0 radical (unpaired) electrons. The number of ether oxygens (including phenoxy) is 1. The molecule has 0 N–H and O–H groups in total. The molecule has 0 bridgehead atoms. The summed E-state index contributed by atoms with van der Waals surface area (Å²) < 4.78 is 20.9. The Kier molecular flexibility index (Phi) is 4.40. The lowest BCUT2D eigenvalue weighted by molar-refractivity contribution is 0.181. The first-order valence-electron chi connectivity index (χ1n) is 5.85. The molecule has 0 spiro atoms. The van der Waals surface area contributed by atoms with Crippen LogP contribution in [0.3, 0.4) is 0 Å². The smallest absolute Gasteiger partial charge is 0.510 e. The molecule has 1 aliphatic heterocycles. The summed E-state index contributed by atoms with van der Waals surface area (Å²) in [7, 11) is 1.34. The van der Waals surface area contributed by atoms with Gasteiger partial charge in [-0.3, -0.25) is 0 Å². The fourth-order valence-electron chi connectivity index (χ4n) is 2.28. The quantitative estimate of drug-likeness (QED) is 0.403. The van der Waals surface area contributed by atoms with Crippen molar-refractivity contribution in [2.24, 2.45) is 5.92 Å². The third-order valence-corrected chi connectivity index (χ3v) is 4.40. The van der Waals surface area contributed by atoms with Gasteiger partial charge in [-0.1, -0.05) is 6.08 Å². The minimum absolute atomic E-state index is 0.563. The van der Waals surface area contributed by atoms with E-state index in [1.54, 1.807) is 20.5 Å². The van der Waals surface area contributed by atoms with Crippen LogP contribution < -0.4 is 0 Å². The molecule has 0 amide bonds. The fraction of sp³-hybridized carbons (Fsp3) is 0.818. The van der Waals surface area contributed by atoms with Crippen LogP contribution in [0.25, 0.3) is 0 Å². The van der Waals surface area contributed by atoms with Crippen LogP contribution >= 0.6 is 0 Å². The largest absolute Gasteiger partial charge is 0.548 e. The number of epoxide rings is 1. The third kappa shape index (κ3) is 3.31. The number of fused-ring (bicyclic) bond motifs is 1. The van der Waals surface area contributed by atoms with E-state index in [0.29, 0.717) is 12.2 Å². The van der Waals surface area contributed by atoms with E-state index in [4.69, 9.17) is 18.0 Å². The molecule has 1 saturated carbocycles. The second-order valence-corrected chi connectivity index (χ2v) is 6.19. The number of hydrogen-bond donors (Lipinski definition) is 0. The van der Waals surface area contributed by atoms with Crippen molar-refractivity contribution in [3.05, 3.63) is 12.3 Å². The van der Waals surface area contributed by atoms with E-state index in [-0.39, 0.29) is 0 Å². The van der Waals surface area contributed by atoms with E-state index in [9.17, 15) is 0 Å². The minimum Gasteiger partial charge on any atom is -0.510 e. The van der Waals surface area contributed by atoms with Gasteiger partial charge < -0.3 is 18.0 Å². The first-order valence-corrected chi connectivity index (χ1v) is 7.26. The molecule has 0 aromatic rings. The van der Waals surface area contributed by atoms with Crippen LogP contribution in [-0.2, 0) is 18.0 Å². The molecule has 1 heterocycles. The number of hydrogen-bond acceptors (Lipinski definition) is 4. The van der Waals surface area contributed by atoms with Gasteiger partial charge in [-0.25, -0.2) is 0 Å². The van der Waals surface area contributed by atoms with E-state index in [1.165, 1.54) is 19.3 Å². The zero-order valence-corrected chi connectivity index (χ0v) is 11.1. The summed E-state index contributed by atoms with van der Waals surface area (Å²) in [5.41, 5.74) is 0. The highest BCUT2D eigenvalue weighted by molar-refractivity contribution is 6.36. The molecular formula is C11H20O4Si. The maximum absolute atomic E-state index is 5.50. The Morgan fingerprint density at radius 1 is 1.25 bits per heavy atom. The third-order valence-electron chi connectivity index (χ3n) is 3.25. The highest BCUT2D eigenvalue weighted by Crippen LogP contribution is 2.40. The summed E-state index contributed by atoms with van der Waals surface area (Å²) in [6.07, 6.45) is 9.75. The average molecular weight is 244 g/mol. The molecule has 2 fully saturated rings. The highest BCUT2D eigenvalue weighted by atomic mass is 28.3. The molecule has 4 nitrogen and oxygen atoms in total. The Balaban J connectivity index is 1.60. The molecule has 16 heavy (non-hydrogen) atoms. The predicted octanol–water partition coefficient (Wildman–Crippen LogP) is 1.48. The lowest BCUT2D eigenvalue weighted by Gasteiger charge is -2.16. The van der Waals surface area contributed by atoms with Gasteiger partial charge >= 0.3 is 9.53 Å². The topological polar surface area (TPSA) is 40.2 Å². The van der Waals surface area contributed by atoms with Gasteiger partial charge in [0.15, 0.2) is 0 Å². The zero-order chi connectivity index (χ0) is 11.4. The van der Waals surface area contributed by atoms with Crippen LogP contribution in [0.4, 0.5) is 0 Å². The van der Waals surface area contributed by atoms with Crippen LogP contribution in [0.2, 0.25) is 0 Å². The Morgan fingerprint density at radius 2 is 2.06 bits per heavy atom. The van der Waals surface area contributed by atoms with Crippen LogP contribution in [-0.4, -0.2) is 36.0 Å². The second-order valence-electron chi connectivity index (χ2n) is 4.40. The van der Waals surface area contributed by atoms with Gasteiger partial charge in [0, 0.05) is 14.2 Å². The van der Waals surface area contributed by atoms with Crippen molar-refractivity contribution in [1.29, 1.82) is 0 Å². The summed E-state index contributed by atoms with van der Waals surface area (Å²) in [4.78, 5) is 0. The summed E-state index contributed by atoms with van der Waals surface area (Å²) in [5, 5.41) is 0. The lowest BCUT2D eigenvalue weighted by Crippen LogP contribution is -2.21. The van der Waals surface area contributed by atoms with Gasteiger partial charge in [0.1, 0.15) is 0 Å². The molecule has 3 unspecified atom stereocenters. The van der Waals surface area contributed by atoms with Crippen molar-refractivity contribution in [1.82, 2.24) is 0 Å². The Hall–Kier alpha value is -0.363. The summed E-state index contributed by atoms with van der Waals surface area (Å²) in [6.45, 7) is 0. The van der Waals surface area contributed by atoms with E-state index >= 15 is 0 Å². The summed E-state index contributed by atoms with van der Waals surface area (Å²) in [5.74, 6) is 0.758. The van der Waals surface area contributed by atoms with Crippen molar-refractivity contribution < 1.29 is 18.0 Å². The standard InChI is InChI=1S/C11H20O4Si/c1-12-16(13-2)14-7-3-4-9-5-6-10-11(8-9)15-10/h3,7,9-11,16H,4-6,8H2,1-2H3. The van der Waals surface area contributed by atoms with E-state index in [0.717, 1.165) is 12.3 Å². The van der Waals surface area contributed by atoms with Gasteiger partial charge in [-0.2, -0.15) is 0 Å². The van der Waals surface area contributed by atoms with Gasteiger partial charge in [0.2, 0.25) is 0 Å². The molecule has 92 valence electrons. The molecule has 1 aliphatic carbocycles. The van der Waals surface area contributed by atoms with E-state index < -0.39 is 9.53 Å². The van der Waals surface area contributed by atoms with E-state index in [1.807, 2.05) is 0 Å². The van der Waals surface area contributed by atoms with Gasteiger partial charge in [-0.05, 0) is 31.6 Å². The lowest BCUT2D eigenvalue weighted by atomic mass is 9.87. The van der Waals surface area contributed by atoms with Crippen molar-refractivity contribution in [3.63, 3.8) is 0 Å². The van der Waals surface area contributed by atoms with Crippen molar-refractivity contribution in [2.75, 3.05) is 14.2 Å². The SMILES string of the molecule is CO[SiH](OC)OC=CCC1CCC2OC2C1. The number of rotatable bonds is 6. The van der Waals surface area contributed by atoms with Crippen LogP contribution in [0, 0.1) is 5.92 Å². The molecule has 5 heteroatoms. The molecule has 0 aromatic heterocycles. The van der Waals surface area contributed by atoms with Crippen LogP contribution in [0.15, 0.2) is 12.3 Å². The van der Waals surface area contributed by atoms with Gasteiger partial charge in [0.05, 0.1) is 18.5 Å². The van der Waals surface area contributed by atoms with Gasteiger partial charge in [0.25, 0.3) is 0 Å². The van der Waals surface area contributed by atoms with Crippen molar-refractivity contribution >= 4 is 9.53 Å². The Labute approximate surface area is 98.5 Å². The normalized spacial score (nSPS) is 33.1. The molecule has 1 saturated heterocycles. The summed E-state index contributed by atoms with van der Waals surface area (Å²) >= 11 is 0. The van der Waals surface area contributed by atoms with E-state index in [2.05, 4.69) is 6.08 Å². The molecule has 0 aromatic carbocycles. The highest BCUT2D eigenvalue weighted by Gasteiger charge is 2.43. The fourth-order valence-corrected chi connectivity index (χ4v) is 2.93. The predicted molar refractivity (Wildman–Crippen MR) is 62.0 cm³/mol. The Morgan fingerprint density at radius 3 is 2.75 bits per heavy atom. The molecular weight excluding hydrogens is 224 g/mol. The molecule has 2 aliphatic rings.